The average molecular weight is 364 g/mol. The van der Waals surface area contributed by atoms with Crippen molar-refractivity contribution in [2.75, 3.05) is 18.4 Å². The number of aryl methyl sites for hydroxylation is 1. The Kier molecular flexibility index (Phi) is 6.97. The second-order valence-electron chi connectivity index (χ2n) is 6.96. The van der Waals surface area contributed by atoms with Crippen molar-refractivity contribution in [2.24, 2.45) is 0 Å². The van der Waals surface area contributed by atoms with Crippen LogP contribution in [0.1, 0.15) is 54.0 Å². The van der Waals surface area contributed by atoms with Gasteiger partial charge in [0.1, 0.15) is 17.3 Å². The zero-order valence-corrected chi connectivity index (χ0v) is 16.0. The number of carbonyl (C=O) groups is 1. The monoisotopic (exact) mass is 364 g/mol. The first-order chi connectivity index (χ1) is 13.2. The van der Waals surface area contributed by atoms with Crippen LogP contribution in [0.4, 0.5) is 5.82 Å². The number of nitrogens with one attached hydrogen (secondary N) is 2. The number of hydrogen-bond donors (Lipinski definition) is 2. The zero-order chi connectivity index (χ0) is 18.9. The normalized spacial score (nSPS) is 13.7. The Morgan fingerprint density at radius 1 is 1.07 bits per heavy atom. The number of allylic oxidation sites excluding steroid dienone is 1. The summed E-state index contributed by atoms with van der Waals surface area (Å²) < 4.78 is 0. The molecule has 2 N–H and O–H groups in total. The van der Waals surface area contributed by atoms with Gasteiger partial charge >= 0.3 is 0 Å². The van der Waals surface area contributed by atoms with Crippen molar-refractivity contribution in [2.45, 2.75) is 45.4 Å². The number of rotatable bonds is 8. The highest BCUT2D eigenvalue weighted by molar-refractivity contribution is 5.92. The molecule has 1 aliphatic carbocycles. The summed E-state index contributed by atoms with van der Waals surface area (Å²) in [4.78, 5) is 21.1. The minimum atomic E-state index is -0.136. The Labute approximate surface area is 161 Å². The van der Waals surface area contributed by atoms with E-state index in [4.69, 9.17) is 0 Å². The third-order valence-corrected chi connectivity index (χ3v) is 4.75. The molecule has 0 unspecified atom stereocenters. The minimum absolute atomic E-state index is 0.136. The summed E-state index contributed by atoms with van der Waals surface area (Å²) >= 11 is 0. The molecule has 0 spiro atoms. The average Bonchev–Trinajstić information content (AvgIpc) is 2.69. The molecule has 0 fully saturated rings. The lowest BCUT2D eigenvalue weighted by molar-refractivity contribution is 0.0948. The smallest absolute Gasteiger partial charge is 0.270 e. The summed E-state index contributed by atoms with van der Waals surface area (Å²) in [6.45, 7) is 3.23. The van der Waals surface area contributed by atoms with Crippen LogP contribution in [0.5, 0.6) is 0 Å². The summed E-state index contributed by atoms with van der Waals surface area (Å²) in [7, 11) is 0. The lowest BCUT2D eigenvalue weighted by atomic mass is 9.97. The molecule has 27 heavy (non-hydrogen) atoms. The molecule has 5 heteroatoms. The highest BCUT2D eigenvalue weighted by atomic mass is 16.1. The van der Waals surface area contributed by atoms with Crippen molar-refractivity contribution in [1.82, 2.24) is 15.3 Å². The number of nitrogens with zero attached hydrogens (tertiary/aromatic N) is 2. The molecular weight excluding hydrogens is 336 g/mol. The van der Waals surface area contributed by atoms with Crippen LogP contribution < -0.4 is 10.6 Å². The predicted octanol–water partition coefficient (Wildman–Crippen LogP) is 4.06. The number of carbonyl (C=O) groups excluding carboxylic acids is 1. The molecule has 5 nitrogen and oxygen atoms in total. The first-order valence-corrected chi connectivity index (χ1v) is 9.80. The molecule has 1 heterocycles. The molecule has 0 bridgehead atoms. The number of anilines is 1. The molecule has 0 atom stereocenters. The van der Waals surface area contributed by atoms with Gasteiger partial charge in [-0.05, 0) is 51.0 Å². The fourth-order valence-electron chi connectivity index (χ4n) is 3.31. The van der Waals surface area contributed by atoms with Gasteiger partial charge < -0.3 is 10.6 Å². The lowest BCUT2D eigenvalue weighted by Gasteiger charge is -2.13. The van der Waals surface area contributed by atoms with Gasteiger partial charge in [-0.1, -0.05) is 42.0 Å². The van der Waals surface area contributed by atoms with E-state index in [0.29, 0.717) is 23.9 Å². The van der Waals surface area contributed by atoms with E-state index in [-0.39, 0.29) is 5.91 Å². The number of hydrogen-bond acceptors (Lipinski definition) is 4. The van der Waals surface area contributed by atoms with E-state index in [1.165, 1.54) is 30.4 Å². The summed E-state index contributed by atoms with van der Waals surface area (Å²) in [5.41, 5.74) is 3.15. The molecule has 1 aliphatic rings. The molecule has 1 aromatic heterocycles. The summed E-state index contributed by atoms with van der Waals surface area (Å²) in [5, 5.41) is 6.28. The maximum Gasteiger partial charge on any atom is 0.270 e. The maximum atomic E-state index is 12.4. The highest BCUT2D eigenvalue weighted by Gasteiger charge is 2.11. The Bertz CT molecular complexity index is 786. The second kappa shape index (κ2) is 9.86. The van der Waals surface area contributed by atoms with Crippen molar-refractivity contribution >= 4 is 11.7 Å². The Morgan fingerprint density at radius 2 is 1.93 bits per heavy atom. The van der Waals surface area contributed by atoms with Gasteiger partial charge in [0, 0.05) is 19.2 Å². The molecule has 3 rings (SSSR count). The van der Waals surface area contributed by atoms with E-state index in [1.54, 1.807) is 6.07 Å². The maximum absolute atomic E-state index is 12.4. The number of benzene rings is 1. The fraction of sp³-hybridized carbons (Fsp3) is 0.409. The molecule has 0 aliphatic heterocycles. The van der Waals surface area contributed by atoms with E-state index in [2.05, 4.69) is 38.8 Å². The van der Waals surface area contributed by atoms with Gasteiger partial charge in [-0.25, -0.2) is 9.97 Å². The van der Waals surface area contributed by atoms with Gasteiger partial charge in [0.15, 0.2) is 0 Å². The number of amides is 1. The molecule has 0 saturated heterocycles. The molecule has 142 valence electrons. The van der Waals surface area contributed by atoms with E-state index in [0.717, 1.165) is 25.8 Å². The van der Waals surface area contributed by atoms with Crippen molar-refractivity contribution in [3.8, 4) is 0 Å². The largest absolute Gasteiger partial charge is 0.370 e. The third-order valence-electron chi connectivity index (χ3n) is 4.75. The van der Waals surface area contributed by atoms with Gasteiger partial charge in [-0.2, -0.15) is 0 Å². The van der Waals surface area contributed by atoms with Gasteiger partial charge in [0.05, 0.1) is 0 Å². The fourth-order valence-corrected chi connectivity index (χ4v) is 3.31. The van der Waals surface area contributed by atoms with Crippen LogP contribution >= 0.6 is 0 Å². The van der Waals surface area contributed by atoms with Gasteiger partial charge in [-0.3, -0.25) is 4.79 Å². The third kappa shape index (κ3) is 6.20. The van der Waals surface area contributed by atoms with Crippen molar-refractivity contribution in [3.05, 3.63) is 65.1 Å². The van der Waals surface area contributed by atoms with Gasteiger partial charge in [0.2, 0.25) is 0 Å². The predicted molar refractivity (Wildman–Crippen MR) is 109 cm³/mol. The van der Waals surface area contributed by atoms with Crippen LogP contribution in [-0.4, -0.2) is 29.0 Å². The standard InChI is InChI=1S/C22H28N4O/c1-17-25-20(22(27)24-15-13-19-10-6-3-7-11-19)16-21(26-17)23-14-12-18-8-4-2-5-9-18/h2,4-5,8-10,16H,3,6-7,11-15H2,1H3,(H,24,27)(H,23,25,26). The molecular formula is C22H28N4O. The van der Waals surface area contributed by atoms with Crippen molar-refractivity contribution in [1.29, 1.82) is 0 Å². The summed E-state index contributed by atoms with van der Waals surface area (Å²) in [6, 6.07) is 12.0. The van der Waals surface area contributed by atoms with E-state index in [1.807, 2.05) is 25.1 Å². The Hall–Kier alpha value is -2.69. The molecule has 2 aromatic rings. The topological polar surface area (TPSA) is 66.9 Å². The molecule has 0 saturated carbocycles. The summed E-state index contributed by atoms with van der Waals surface area (Å²) in [6.07, 6.45) is 9.04. The Balaban J connectivity index is 1.50. The summed E-state index contributed by atoms with van der Waals surface area (Å²) in [5.74, 6) is 1.15. The minimum Gasteiger partial charge on any atom is -0.370 e. The quantitative estimate of drug-likeness (QED) is 0.693. The SMILES string of the molecule is Cc1nc(NCCc2ccccc2)cc(C(=O)NCCC2=CCCCC2)n1. The van der Waals surface area contributed by atoms with Crippen LogP contribution in [0.3, 0.4) is 0 Å². The van der Waals surface area contributed by atoms with Crippen LogP contribution in [0.15, 0.2) is 48.0 Å². The molecule has 0 radical (unpaired) electrons. The highest BCUT2D eigenvalue weighted by Crippen LogP contribution is 2.19. The van der Waals surface area contributed by atoms with Crippen LogP contribution in [0, 0.1) is 6.92 Å². The van der Waals surface area contributed by atoms with Crippen LogP contribution in [0.25, 0.3) is 0 Å². The van der Waals surface area contributed by atoms with Crippen LogP contribution in [0.2, 0.25) is 0 Å². The molecule has 1 amide bonds. The zero-order valence-electron chi connectivity index (χ0n) is 16.0. The van der Waals surface area contributed by atoms with Crippen LogP contribution in [-0.2, 0) is 6.42 Å². The van der Waals surface area contributed by atoms with Crippen molar-refractivity contribution in [3.63, 3.8) is 0 Å². The first kappa shape index (κ1) is 19.1. The lowest BCUT2D eigenvalue weighted by Crippen LogP contribution is -2.26. The first-order valence-electron chi connectivity index (χ1n) is 9.80. The second-order valence-corrected chi connectivity index (χ2v) is 6.96. The number of aromatic nitrogens is 2. The van der Waals surface area contributed by atoms with E-state index < -0.39 is 0 Å². The van der Waals surface area contributed by atoms with Gasteiger partial charge in [0.25, 0.3) is 5.91 Å². The molecule has 1 aromatic carbocycles. The van der Waals surface area contributed by atoms with E-state index >= 15 is 0 Å². The van der Waals surface area contributed by atoms with Crippen molar-refractivity contribution < 1.29 is 4.79 Å². The van der Waals surface area contributed by atoms with Gasteiger partial charge in [-0.15, -0.1) is 0 Å². The van der Waals surface area contributed by atoms with E-state index in [9.17, 15) is 4.79 Å². The Morgan fingerprint density at radius 3 is 2.70 bits per heavy atom.